The Morgan fingerprint density at radius 3 is 2.55 bits per heavy atom. The Labute approximate surface area is 138 Å². The van der Waals surface area contributed by atoms with Gasteiger partial charge in [-0.15, -0.1) is 0 Å². The van der Waals surface area contributed by atoms with E-state index in [1.807, 2.05) is 6.92 Å². The number of halogens is 1. The lowest BCUT2D eigenvalue weighted by atomic mass is 9.89. The van der Waals surface area contributed by atoms with Gasteiger partial charge in [-0.25, -0.2) is 8.42 Å². The fraction of sp³-hybridized carbons (Fsp3) is 0.533. The highest BCUT2D eigenvalue weighted by molar-refractivity contribution is 9.10. The topological polar surface area (TPSA) is 74.7 Å². The zero-order chi connectivity index (χ0) is 16.2. The van der Waals surface area contributed by atoms with Crippen LogP contribution in [0.25, 0.3) is 0 Å². The van der Waals surface area contributed by atoms with Crippen LogP contribution in [0.4, 0.5) is 0 Å². The molecule has 1 aromatic rings. The summed E-state index contributed by atoms with van der Waals surface area (Å²) >= 11 is 3.41. The zero-order valence-corrected chi connectivity index (χ0v) is 14.8. The Morgan fingerprint density at radius 2 is 1.95 bits per heavy atom. The number of benzene rings is 1. The largest absolute Gasteiger partial charge is 0.481 e. The number of hydrogen-bond donors (Lipinski definition) is 1. The maximum absolute atomic E-state index is 13.1. The van der Waals surface area contributed by atoms with Crippen LogP contribution in [0.5, 0.6) is 0 Å². The molecule has 120 valence electrons. The first-order valence-corrected chi connectivity index (χ1v) is 9.50. The van der Waals surface area contributed by atoms with E-state index in [-0.39, 0.29) is 10.9 Å². The molecule has 2 bridgehead atoms. The Bertz CT molecular complexity index is 746. The van der Waals surface area contributed by atoms with Crippen LogP contribution in [-0.4, -0.2) is 35.9 Å². The summed E-state index contributed by atoms with van der Waals surface area (Å²) in [6.45, 7) is 3.62. The van der Waals surface area contributed by atoms with Crippen molar-refractivity contribution in [3.8, 4) is 0 Å². The quantitative estimate of drug-likeness (QED) is 0.864. The molecular weight excluding hydrogens is 370 g/mol. The Kier molecular flexibility index (Phi) is 3.86. The summed E-state index contributed by atoms with van der Waals surface area (Å²) in [7, 11) is -3.66. The molecule has 5 nitrogen and oxygen atoms in total. The molecule has 3 unspecified atom stereocenters. The van der Waals surface area contributed by atoms with E-state index < -0.39 is 28.0 Å². The van der Waals surface area contributed by atoms with E-state index in [1.54, 1.807) is 19.1 Å². The third kappa shape index (κ3) is 2.30. The molecule has 0 spiro atoms. The second-order valence-electron chi connectivity index (χ2n) is 6.18. The summed E-state index contributed by atoms with van der Waals surface area (Å²) in [6.07, 6.45) is 1.81. The molecule has 3 rings (SSSR count). The smallest absolute Gasteiger partial charge is 0.308 e. The first-order valence-electron chi connectivity index (χ1n) is 7.26. The number of nitrogens with zero attached hydrogens (tertiary/aromatic N) is 1. The molecular formula is C15H18BrNO4S. The molecule has 0 aliphatic carbocycles. The van der Waals surface area contributed by atoms with Crippen molar-refractivity contribution in [2.24, 2.45) is 5.92 Å². The van der Waals surface area contributed by atoms with E-state index in [9.17, 15) is 18.3 Å². The van der Waals surface area contributed by atoms with E-state index in [0.717, 1.165) is 16.5 Å². The predicted molar refractivity (Wildman–Crippen MR) is 85.2 cm³/mol. The van der Waals surface area contributed by atoms with Crippen LogP contribution < -0.4 is 0 Å². The summed E-state index contributed by atoms with van der Waals surface area (Å²) < 4.78 is 28.5. The van der Waals surface area contributed by atoms with Crippen molar-refractivity contribution in [3.05, 3.63) is 27.7 Å². The first kappa shape index (κ1) is 16.0. The van der Waals surface area contributed by atoms with Crippen molar-refractivity contribution in [3.63, 3.8) is 0 Å². The van der Waals surface area contributed by atoms with E-state index in [0.29, 0.717) is 18.4 Å². The molecule has 7 heteroatoms. The van der Waals surface area contributed by atoms with Crippen LogP contribution >= 0.6 is 15.9 Å². The Balaban J connectivity index is 2.05. The number of hydrogen-bond acceptors (Lipinski definition) is 3. The second-order valence-corrected chi connectivity index (χ2v) is 8.85. The summed E-state index contributed by atoms with van der Waals surface area (Å²) in [5, 5.41) is 9.30. The lowest BCUT2D eigenvalue weighted by molar-refractivity contribution is -0.142. The van der Waals surface area contributed by atoms with Crippen molar-refractivity contribution >= 4 is 31.9 Å². The number of rotatable bonds is 3. The zero-order valence-electron chi connectivity index (χ0n) is 12.4. The maximum Gasteiger partial charge on any atom is 0.308 e. The van der Waals surface area contributed by atoms with E-state index in [4.69, 9.17) is 0 Å². The standard InChI is InChI=1S/C15H18BrNO4S/c1-8-6-14(9(2)5-12(8)16)22(20,21)17-10-3-4-13(17)11(7-10)15(18)19/h5-6,10-11,13H,3-4,7H2,1-2H3,(H,18,19). The van der Waals surface area contributed by atoms with Crippen LogP contribution in [-0.2, 0) is 14.8 Å². The number of carbonyl (C=O) groups is 1. The molecule has 22 heavy (non-hydrogen) atoms. The van der Waals surface area contributed by atoms with Crippen molar-refractivity contribution in [1.29, 1.82) is 0 Å². The lowest BCUT2D eigenvalue weighted by Gasteiger charge is -2.24. The van der Waals surface area contributed by atoms with Crippen LogP contribution in [0.15, 0.2) is 21.5 Å². The van der Waals surface area contributed by atoms with Gasteiger partial charge in [0, 0.05) is 16.6 Å². The fourth-order valence-corrected chi connectivity index (χ4v) is 6.39. The number of fused-ring (bicyclic) bond motifs is 2. The number of carboxylic acid groups (broad SMARTS) is 1. The van der Waals surface area contributed by atoms with Crippen molar-refractivity contribution < 1.29 is 18.3 Å². The van der Waals surface area contributed by atoms with Gasteiger partial charge in [0.15, 0.2) is 0 Å². The first-order chi connectivity index (χ1) is 10.2. The second kappa shape index (κ2) is 5.32. The van der Waals surface area contributed by atoms with Crippen LogP contribution in [0, 0.1) is 19.8 Å². The van der Waals surface area contributed by atoms with Crippen molar-refractivity contribution in [1.82, 2.24) is 4.31 Å². The van der Waals surface area contributed by atoms with E-state index in [2.05, 4.69) is 15.9 Å². The van der Waals surface area contributed by atoms with Gasteiger partial charge >= 0.3 is 5.97 Å². The van der Waals surface area contributed by atoms with Gasteiger partial charge in [0.25, 0.3) is 0 Å². The number of aryl methyl sites for hydroxylation is 2. The molecule has 2 saturated heterocycles. The van der Waals surface area contributed by atoms with Crippen LogP contribution in [0.3, 0.4) is 0 Å². The third-order valence-corrected chi connectivity index (χ3v) is 7.78. The third-order valence-electron chi connectivity index (χ3n) is 4.80. The molecule has 0 radical (unpaired) electrons. The fourth-order valence-electron chi connectivity index (χ4n) is 3.72. The van der Waals surface area contributed by atoms with Gasteiger partial charge in [-0.05, 0) is 56.4 Å². The van der Waals surface area contributed by atoms with E-state index in [1.165, 1.54) is 4.31 Å². The molecule has 1 N–H and O–H groups in total. The molecule has 0 saturated carbocycles. The summed E-state index contributed by atoms with van der Waals surface area (Å²) in [5.74, 6) is -1.47. The lowest BCUT2D eigenvalue weighted by Crippen LogP contribution is -2.38. The molecule has 1 aromatic carbocycles. The monoisotopic (exact) mass is 387 g/mol. The normalized spacial score (nSPS) is 28.2. The van der Waals surface area contributed by atoms with E-state index >= 15 is 0 Å². The van der Waals surface area contributed by atoms with Crippen LogP contribution in [0.1, 0.15) is 30.4 Å². The highest BCUT2D eigenvalue weighted by atomic mass is 79.9. The SMILES string of the molecule is Cc1cc(S(=O)(=O)N2C3CCC2C(C(=O)O)C3)c(C)cc1Br. The number of aliphatic carboxylic acids is 1. The molecule has 2 heterocycles. The average molecular weight is 388 g/mol. The summed E-state index contributed by atoms with van der Waals surface area (Å²) in [5.41, 5.74) is 1.53. The minimum absolute atomic E-state index is 0.181. The van der Waals surface area contributed by atoms with Crippen molar-refractivity contribution in [2.45, 2.75) is 50.1 Å². The van der Waals surface area contributed by atoms with Gasteiger partial charge in [-0.2, -0.15) is 4.31 Å². The van der Waals surface area contributed by atoms with Gasteiger partial charge < -0.3 is 5.11 Å². The van der Waals surface area contributed by atoms with Gasteiger partial charge in [-0.1, -0.05) is 15.9 Å². The molecule has 3 atom stereocenters. The highest BCUT2D eigenvalue weighted by Crippen LogP contribution is 2.45. The summed E-state index contributed by atoms with van der Waals surface area (Å²) in [6, 6.07) is 2.88. The molecule has 0 amide bonds. The van der Waals surface area contributed by atoms with Crippen molar-refractivity contribution in [2.75, 3.05) is 0 Å². The Morgan fingerprint density at radius 1 is 1.27 bits per heavy atom. The molecule has 2 aliphatic heterocycles. The molecule has 0 aromatic heterocycles. The van der Waals surface area contributed by atoms with Gasteiger partial charge in [0.1, 0.15) is 0 Å². The van der Waals surface area contributed by atoms with Gasteiger partial charge in [-0.3, -0.25) is 4.79 Å². The minimum Gasteiger partial charge on any atom is -0.481 e. The van der Waals surface area contributed by atoms with Gasteiger partial charge in [0.05, 0.1) is 10.8 Å². The molecule has 2 aliphatic rings. The summed E-state index contributed by atoms with van der Waals surface area (Å²) in [4.78, 5) is 11.6. The van der Waals surface area contributed by atoms with Crippen LogP contribution in [0.2, 0.25) is 0 Å². The minimum atomic E-state index is -3.66. The van der Waals surface area contributed by atoms with Gasteiger partial charge in [0.2, 0.25) is 10.0 Å². The number of sulfonamides is 1. The highest BCUT2D eigenvalue weighted by Gasteiger charge is 2.54. The predicted octanol–water partition coefficient (Wildman–Crippen LogP) is 2.69. The molecule has 2 fully saturated rings. The average Bonchev–Trinajstić information content (AvgIpc) is 3.01. The number of carboxylic acids is 1. The maximum atomic E-state index is 13.1. The Hall–Kier alpha value is -0.920.